The molecule has 3 fully saturated rings. The summed E-state index contributed by atoms with van der Waals surface area (Å²) < 4.78 is 8.17. The van der Waals surface area contributed by atoms with Gasteiger partial charge in [-0.3, -0.25) is 19.3 Å². The highest BCUT2D eigenvalue weighted by atomic mass is 35.5. The molecule has 2 amide bonds. The second-order valence-corrected chi connectivity index (χ2v) is 10.2. The van der Waals surface area contributed by atoms with Crippen molar-refractivity contribution in [2.24, 2.45) is 11.7 Å². The van der Waals surface area contributed by atoms with Crippen molar-refractivity contribution in [2.45, 2.75) is 38.1 Å². The molecule has 2 aromatic heterocycles. The maximum absolute atomic E-state index is 12.7. The number of hydrogen-bond donors (Lipinski definition) is 2. The Kier molecular flexibility index (Phi) is 5.22. The standard InChI is InChI=1S/C27H24ClN5O3/c1-15-6-16(8-24(34)32-19-13-31-33(14-19)27-10-17(11-27)12-27)7-21(28)25(15)36-23-4-5-30-22-3-2-18(26(29)35)9-20(22)23/h2-7,9,13-14,17H,8,10-12H2,1H3,(H2,29,35)(H,32,34). The lowest BCUT2D eigenvalue weighted by atomic mass is 9.50. The quantitative estimate of drug-likeness (QED) is 0.371. The van der Waals surface area contributed by atoms with Gasteiger partial charge in [0, 0.05) is 23.3 Å². The predicted molar refractivity (Wildman–Crippen MR) is 136 cm³/mol. The van der Waals surface area contributed by atoms with E-state index in [0.29, 0.717) is 38.7 Å². The minimum absolute atomic E-state index is 0.143. The van der Waals surface area contributed by atoms with Gasteiger partial charge in [-0.25, -0.2) is 0 Å². The first-order valence-electron chi connectivity index (χ1n) is 11.8. The van der Waals surface area contributed by atoms with Crippen LogP contribution in [-0.2, 0) is 16.8 Å². The number of aromatic nitrogens is 3. The molecule has 36 heavy (non-hydrogen) atoms. The molecule has 2 bridgehead atoms. The molecule has 0 unspecified atom stereocenters. The van der Waals surface area contributed by atoms with Crippen molar-refractivity contribution in [3.63, 3.8) is 0 Å². The van der Waals surface area contributed by atoms with Crippen LogP contribution in [0, 0.1) is 12.8 Å². The molecule has 0 atom stereocenters. The fourth-order valence-electron chi connectivity index (χ4n) is 5.26. The van der Waals surface area contributed by atoms with E-state index >= 15 is 0 Å². The number of carbonyl (C=O) groups excluding carboxylic acids is 2. The molecule has 3 aliphatic rings. The molecule has 0 saturated heterocycles. The zero-order valence-corrected chi connectivity index (χ0v) is 20.4. The van der Waals surface area contributed by atoms with Gasteiger partial charge in [0.05, 0.1) is 34.4 Å². The van der Waals surface area contributed by atoms with Crippen molar-refractivity contribution < 1.29 is 14.3 Å². The van der Waals surface area contributed by atoms with Crippen molar-refractivity contribution in [1.82, 2.24) is 14.8 Å². The number of primary amides is 1. The Morgan fingerprint density at radius 2 is 2.03 bits per heavy atom. The highest BCUT2D eigenvalue weighted by Gasteiger charge is 2.58. The number of nitrogens with two attached hydrogens (primary N) is 1. The zero-order chi connectivity index (χ0) is 25.0. The molecule has 0 spiro atoms. The second kappa shape index (κ2) is 8.34. The normalized spacial score (nSPS) is 19.9. The van der Waals surface area contributed by atoms with Gasteiger partial charge < -0.3 is 15.8 Å². The van der Waals surface area contributed by atoms with Gasteiger partial charge in [0.15, 0.2) is 0 Å². The summed E-state index contributed by atoms with van der Waals surface area (Å²) >= 11 is 6.58. The number of carbonyl (C=O) groups is 2. The third-order valence-corrected chi connectivity index (χ3v) is 7.49. The number of ether oxygens (including phenoxy) is 1. The summed E-state index contributed by atoms with van der Waals surface area (Å²) in [4.78, 5) is 28.6. The summed E-state index contributed by atoms with van der Waals surface area (Å²) in [5, 5.41) is 8.42. The molecule has 3 N–H and O–H groups in total. The Labute approximate surface area is 212 Å². The Hall–Kier alpha value is -3.91. The van der Waals surface area contributed by atoms with Crippen LogP contribution >= 0.6 is 11.6 Å². The minimum Gasteiger partial charge on any atom is -0.455 e. The Morgan fingerprint density at radius 1 is 1.22 bits per heavy atom. The molecule has 4 aromatic rings. The van der Waals surface area contributed by atoms with E-state index in [1.807, 2.05) is 23.9 Å². The SMILES string of the molecule is Cc1cc(CC(=O)Nc2cnn(C34CC(C3)C4)c2)cc(Cl)c1Oc1ccnc2ccc(C(N)=O)cc12. The number of aryl methyl sites for hydroxylation is 1. The van der Waals surface area contributed by atoms with E-state index < -0.39 is 5.91 Å². The van der Waals surface area contributed by atoms with Crippen molar-refractivity contribution in [3.8, 4) is 11.5 Å². The fraction of sp³-hybridized carbons (Fsp3) is 0.259. The lowest BCUT2D eigenvalue weighted by Gasteiger charge is -2.61. The van der Waals surface area contributed by atoms with Crippen LogP contribution < -0.4 is 15.8 Å². The van der Waals surface area contributed by atoms with Gasteiger partial charge in [-0.05, 0) is 73.6 Å². The van der Waals surface area contributed by atoms with Crippen LogP contribution in [0.2, 0.25) is 5.02 Å². The number of anilines is 1. The predicted octanol–water partition coefficient (Wildman–Crippen LogP) is 4.97. The molecule has 8 nitrogen and oxygen atoms in total. The minimum atomic E-state index is -0.532. The molecular weight excluding hydrogens is 478 g/mol. The summed E-state index contributed by atoms with van der Waals surface area (Å²) in [6.45, 7) is 1.87. The van der Waals surface area contributed by atoms with Crippen LogP contribution in [0.4, 0.5) is 5.69 Å². The highest BCUT2D eigenvalue weighted by Crippen LogP contribution is 2.62. The van der Waals surface area contributed by atoms with E-state index in [0.717, 1.165) is 17.0 Å². The maximum atomic E-state index is 12.7. The fourth-order valence-corrected chi connectivity index (χ4v) is 5.58. The van der Waals surface area contributed by atoms with Crippen LogP contribution in [0.15, 0.2) is 55.0 Å². The lowest BCUT2D eigenvalue weighted by Crippen LogP contribution is -2.59. The largest absolute Gasteiger partial charge is 0.455 e. The van der Waals surface area contributed by atoms with Gasteiger partial charge in [-0.1, -0.05) is 17.7 Å². The summed E-state index contributed by atoms with van der Waals surface area (Å²) in [6, 6.07) is 10.3. The Bertz CT molecular complexity index is 1510. The summed E-state index contributed by atoms with van der Waals surface area (Å²) in [5.41, 5.74) is 8.89. The third-order valence-electron chi connectivity index (χ3n) is 7.21. The Morgan fingerprint density at radius 3 is 2.72 bits per heavy atom. The summed E-state index contributed by atoms with van der Waals surface area (Å²) in [6.07, 6.45) is 8.99. The molecule has 182 valence electrons. The van der Waals surface area contributed by atoms with E-state index in [1.54, 1.807) is 42.7 Å². The average Bonchev–Trinajstić information content (AvgIpc) is 3.21. The van der Waals surface area contributed by atoms with Crippen molar-refractivity contribution in [2.75, 3.05) is 5.32 Å². The monoisotopic (exact) mass is 501 g/mol. The first kappa shape index (κ1) is 22.5. The molecule has 9 heteroatoms. The van der Waals surface area contributed by atoms with Gasteiger partial charge in [0.25, 0.3) is 0 Å². The number of fused-ring (bicyclic) bond motifs is 1. The smallest absolute Gasteiger partial charge is 0.248 e. The van der Waals surface area contributed by atoms with E-state index in [4.69, 9.17) is 22.1 Å². The number of rotatable bonds is 7. The van der Waals surface area contributed by atoms with Gasteiger partial charge >= 0.3 is 0 Å². The van der Waals surface area contributed by atoms with Crippen LogP contribution in [0.3, 0.4) is 0 Å². The van der Waals surface area contributed by atoms with Crippen molar-refractivity contribution in [3.05, 3.63) is 76.7 Å². The van der Waals surface area contributed by atoms with Gasteiger partial charge in [-0.15, -0.1) is 0 Å². The van der Waals surface area contributed by atoms with Gasteiger partial charge in [-0.2, -0.15) is 5.10 Å². The van der Waals surface area contributed by atoms with Crippen LogP contribution in [0.25, 0.3) is 10.9 Å². The molecule has 0 radical (unpaired) electrons. The molecule has 0 aliphatic heterocycles. The number of amides is 2. The molecule has 2 heterocycles. The topological polar surface area (TPSA) is 112 Å². The Balaban J connectivity index is 1.18. The molecule has 3 saturated carbocycles. The van der Waals surface area contributed by atoms with Crippen LogP contribution in [0.1, 0.15) is 40.7 Å². The van der Waals surface area contributed by atoms with E-state index in [2.05, 4.69) is 15.4 Å². The third kappa shape index (κ3) is 3.87. The van der Waals surface area contributed by atoms with Gasteiger partial charge in [0.2, 0.25) is 11.8 Å². The molecular formula is C27H24ClN5O3. The van der Waals surface area contributed by atoms with Crippen LogP contribution in [0.5, 0.6) is 11.5 Å². The number of nitrogens with one attached hydrogen (secondary N) is 1. The lowest BCUT2D eigenvalue weighted by molar-refractivity contribution is -0.115. The molecule has 3 aliphatic carbocycles. The first-order valence-corrected chi connectivity index (χ1v) is 12.2. The molecule has 2 aromatic carbocycles. The van der Waals surface area contributed by atoms with Crippen molar-refractivity contribution >= 4 is 40.0 Å². The first-order chi connectivity index (χ1) is 17.3. The van der Waals surface area contributed by atoms with Crippen LogP contribution in [-0.4, -0.2) is 26.6 Å². The summed E-state index contributed by atoms with van der Waals surface area (Å²) in [5.74, 6) is 1.15. The van der Waals surface area contributed by atoms with E-state index in [1.165, 1.54) is 19.3 Å². The zero-order valence-electron chi connectivity index (χ0n) is 19.6. The number of nitrogens with zero attached hydrogens (tertiary/aromatic N) is 3. The number of pyridine rings is 1. The van der Waals surface area contributed by atoms with Gasteiger partial charge in [0.1, 0.15) is 11.5 Å². The number of hydrogen-bond acceptors (Lipinski definition) is 5. The molecule has 7 rings (SSSR count). The number of benzene rings is 2. The summed E-state index contributed by atoms with van der Waals surface area (Å²) in [7, 11) is 0. The number of halogens is 1. The van der Waals surface area contributed by atoms with E-state index in [9.17, 15) is 9.59 Å². The maximum Gasteiger partial charge on any atom is 0.248 e. The average molecular weight is 502 g/mol. The van der Waals surface area contributed by atoms with Crippen molar-refractivity contribution in [1.29, 1.82) is 0 Å². The highest BCUT2D eigenvalue weighted by molar-refractivity contribution is 6.32. The second-order valence-electron chi connectivity index (χ2n) is 9.83. The van der Waals surface area contributed by atoms with E-state index in [-0.39, 0.29) is 17.9 Å².